The van der Waals surface area contributed by atoms with Gasteiger partial charge in [0.05, 0.1) is 21.4 Å². The van der Waals surface area contributed by atoms with Gasteiger partial charge in [0.15, 0.2) is 5.78 Å². The zero-order valence-corrected chi connectivity index (χ0v) is 17.1. The maximum atomic E-state index is 14.6. The number of Topliss-reactive ketones (excluding diaryl/α,β-unsaturated/α-hetero) is 1. The largest absolute Gasteiger partial charge is 0.416 e. The average molecular weight is 452 g/mol. The first-order valence-electron chi connectivity index (χ1n) is 8.89. The zero-order valence-electron chi connectivity index (χ0n) is 15.5. The molecule has 0 bridgehead atoms. The Kier molecular flexibility index (Phi) is 5.28. The maximum Gasteiger partial charge on any atom is 0.416 e. The number of benzene rings is 3. The lowest BCUT2D eigenvalue weighted by Crippen LogP contribution is -2.10. The Hall–Kier alpha value is -2.51. The molecule has 0 radical (unpaired) electrons. The van der Waals surface area contributed by atoms with Crippen molar-refractivity contribution in [3.05, 3.63) is 87.2 Å². The van der Waals surface area contributed by atoms with Gasteiger partial charge in [-0.15, -0.1) is 0 Å². The van der Waals surface area contributed by atoms with Crippen LogP contribution in [0.3, 0.4) is 0 Å². The molecule has 1 heterocycles. The molecule has 30 heavy (non-hydrogen) atoms. The van der Waals surface area contributed by atoms with Gasteiger partial charge in [0, 0.05) is 17.5 Å². The topological polar surface area (TPSA) is 29.1 Å². The van der Waals surface area contributed by atoms with Crippen molar-refractivity contribution in [2.45, 2.75) is 11.4 Å². The monoisotopic (exact) mass is 451 g/mol. The number of hydrogen-bond donors (Lipinski definition) is 1. The van der Waals surface area contributed by atoms with E-state index in [0.717, 1.165) is 23.9 Å². The van der Waals surface area contributed by atoms with Gasteiger partial charge in [-0.05, 0) is 46.8 Å². The summed E-state index contributed by atoms with van der Waals surface area (Å²) in [7, 11) is 1.59. The molecule has 8 heteroatoms. The highest BCUT2D eigenvalue weighted by Crippen LogP contribution is 2.50. The number of alkyl halides is 3. The lowest BCUT2D eigenvalue weighted by Gasteiger charge is -2.14. The van der Waals surface area contributed by atoms with Crippen molar-refractivity contribution in [3.63, 3.8) is 0 Å². The van der Waals surface area contributed by atoms with Crippen molar-refractivity contribution in [2.75, 3.05) is 7.05 Å². The van der Waals surface area contributed by atoms with E-state index in [-0.39, 0.29) is 16.5 Å². The standard InChI is InChI=1S/C22H14ClF4NOS/c1-28-21-18(11-4-2-6-13(8-11)22(25,26)27)19(29)20(30-21)15-10-14(23)9-12-5-3-7-16(24)17(12)15/h2-10,20,28H,1H3. The number of thioether (sulfide) groups is 1. The van der Waals surface area contributed by atoms with Crippen molar-refractivity contribution in [1.29, 1.82) is 0 Å². The van der Waals surface area contributed by atoms with Gasteiger partial charge in [0.2, 0.25) is 0 Å². The summed E-state index contributed by atoms with van der Waals surface area (Å²) < 4.78 is 54.1. The molecule has 1 unspecified atom stereocenters. The predicted molar refractivity (Wildman–Crippen MR) is 112 cm³/mol. The Morgan fingerprint density at radius 3 is 2.50 bits per heavy atom. The molecule has 1 aliphatic heterocycles. The fraction of sp³-hybridized carbons (Fsp3) is 0.136. The van der Waals surface area contributed by atoms with Crippen LogP contribution in [0.4, 0.5) is 17.6 Å². The molecule has 0 aliphatic carbocycles. The molecule has 1 atom stereocenters. The molecule has 1 N–H and O–H groups in total. The number of ketones is 1. The van der Waals surface area contributed by atoms with Gasteiger partial charge in [0.25, 0.3) is 0 Å². The molecule has 2 nitrogen and oxygen atoms in total. The average Bonchev–Trinajstić information content (AvgIpc) is 3.03. The minimum atomic E-state index is -4.53. The summed E-state index contributed by atoms with van der Waals surface area (Å²) in [5.41, 5.74) is -0.159. The van der Waals surface area contributed by atoms with Crippen LogP contribution in [0.5, 0.6) is 0 Å². The summed E-state index contributed by atoms with van der Waals surface area (Å²) in [5, 5.41) is 3.64. The van der Waals surface area contributed by atoms with E-state index in [0.29, 0.717) is 21.0 Å². The Morgan fingerprint density at radius 1 is 1.07 bits per heavy atom. The van der Waals surface area contributed by atoms with Crippen molar-refractivity contribution >= 4 is 45.5 Å². The Bertz CT molecular complexity index is 1210. The van der Waals surface area contributed by atoms with Crippen molar-refractivity contribution in [3.8, 4) is 0 Å². The first-order valence-corrected chi connectivity index (χ1v) is 10.1. The highest BCUT2D eigenvalue weighted by atomic mass is 35.5. The minimum Gasteiger partial charge on any atom is -0.382 e. The van der Waals surface area contributed by atoms with Gasteiger partial charge in [-0.1, -0.05) is 47.6 Å². The second-order valence-corrected chi connectivity index (χ2v) is 8.28. The number of fused-ring (bicyclic) bond motifs is 1. The quantitative estimate of drug-likeness (QED) is 0.455. The van der Waals surface area contributed by atoms with Gasteiger partial charge in [-0.25, -0.2) is 4.39 Å². The van der Waals surface area contributed by atoms with Gasteiger partial charge < -0.3 is 5.32 Å². The number of carbonyl (C=O) groups excluding carboxylic acids is 1. The van der Waals surface area contributed by atoms with E-state index in [9.17, 15) is 22.4 Å². The van der Waals surface area contributed by atoms with E-state index in [1.807, 2.05) is 0 Å². The van der Waals surface area contributed by atoms with Crippen LogP contribution in [0.2, 0.25) is 5.02 Å². The van der Waals surface area contributed by atoms with Crippen molar-refractivity contribution in [2.24, 2.45) is 0 Å². The second kappa shape index (κ2) is 7.63. The highest BCUT2D eigenvalue weighted by Gasteiger charge is 2.38. The van der Waals surface area contributed by atoms with Crippen molar-refractivity contribution < 1.29 is 22.4 Å². The third kappa shape index (κ3) is 3.56. The van der Waals surface area contributed by atoms with Gasteiger partial charge in [0.1, 0.15) is 5.82 Å². The maximum absolute atomic E-state index is 14.6. The summed E-state index contributed by atoms with van der Waals surface area (Å²) in [4.78, 5) is 13.3. The van der Waals surface area contributed by atoms with Crippen LogP contribution < -0.4 is 5.32 Å². The molecule has 4 rings (SSSR count). The number of nitrogens with one attached hydrogen (secondary N) is 1. The molecule has 0 fully saturated rings. The third-order valence-electron chi connectivity index (χ3n) is 4.86. The van der Waals surface area contributed by atoms with E-state index in [2.05, 4.69) is 5.32 Å². The molecule has 3 aromatic carbocycles. The molecule has 0 spiro atoms. The molecule has 1 aliphatic rings. The first kappa shape index (κ1) is 20.8. The van der Waals surface area contributed by atoms with Gasteiger partial charge >= 0.3 is 6.18 Å². The molecule has 0 saturated carbocycles. The Labute approximate surface area is 178 Å². The van der Waals surface area contributed by atoms with Gasteiger partial charge in [-0.3, -0.25) is 4.79 Å². The van der Waals surface area contributed by atoms with Crippen LogP contribution in [0, 0.1) is 5.82 Å². The highest BCUT2D eigenvalue weighted by molar-refractivity contribution is 8.04. The summed E-state index contributed by atoms with van der Waals surface area (Å²) in [6.45, 7) is 0. The summed E-state index contributed by atoms with van der Waals surface area (Å²) in [5.74, 6) is -0.901. The molecule has 0 amide bonds. The van der Waals surface area contributed by atoms with Crippen LogP contribution in [0.25, 0.3) is 16.3 Å². The number of rotatable bonds is 3. The lowest BCUT2D eigenvalue weighted by atomic mass is 9.93. The number of allylic oxidation sites excluding steroid dienone is 1. The first-order chi connectivity index (χ1) is 14.2. The minimum absolute atomic E-state index is 0.142. The van der Waals surface area contributed by atoms with E-state index < -0.39 is 28.6 Å². The molecule has 154 valence electrons. The fourth-order valence-electron chi connectivity index (χ4n) is 3.57. The molecule has 0 saturated heterocycles. The second-order valence-electron chi connectivity index (χ2n) is 6.73. The van der Waals surface area contributed by atoms with Gasteiger partial charge in [-0.2, -0.15) is 13.2 Å². The Balaban J connectivity index is 1.84. The number of halogens is 5. The van der Waals surface area contributed by atoms with E-state index in [1.54, 1.807) is 25.2 Å². The van der Waals surface area contributed by atoms with E-state index in [4.69, 9.17) is 11.6 Å². The SMILES string of the molecule is CNC1=C(c2cccc(C(F)(F)F)c2)C(=O)C(c2cc(Cl)cc3cccc(F)c23)S1. The lowest BCUT2D eigenvalue weighted by molar-refractivity contribution is -0.137. The summed E-state index contributed by atoms with van der Waals surface area (Å²) in [6, 6.07) is 12.3. The van der Waals surface area contributed by atoms with E-state index in [1.165, 1.54) is 24.3 Å². The predicted octanol–water partition coefficient (Wildman–Crippen LogP) is 6.60. The molecule has 3 aromatic rings. The summed E-state index contributed by atoms with van der Waals surface area (Å²) in [6.07, 6.45) is -4.53. The third-order valence-corrected chi connectivity index (χ3v) is 6.42. The Morgan fingerprint density at radius 2 is 1.80 bits per heavy atom. The van der Waals surface area contributed by atoms with Crippen LogP contribution in [0.15, 0.2) is 59.6 Å². The van der Waals surface area contributed by atoms with Crippen LogP contribution in [-0.2, 0) is 11.0 Å². The number of carbonyl (C=O) groups is 1. The van der Waals surface area contributed by atoms with E-state index >= 15 is 0 Å². The number of hydrogen-bond acceptors (Lipinski definition) is 3. The molecular formula is C22H14ClF4NOS. The summed E-state index contributed by atoms with van der Waals surface area (Å²) >= 11 is 7.33. The zero-order chi connectivity index (χ0) is 21.6. The van der Waals surface area contributed by atoms with Crippen LogP contribution in [0.1, 0.15) is 21.9 Å². The van der Waals surface area contributed by atoms with Crippen molar-refractivity contribution in [1.82, 2.24) is 5.32 Å². The normalized spacial score (nSPS) is 17.1. The molecule has 0 aromatic heterocycles. The smallest absolute Gasteiger partial charge is 0.382 e. The fourth-order valence-corrected chi connectivity index (χ4v) is 5.03. The van der Waals surface area contributed by atoms with Crippen LogP contribution in [-0.4, -0.2) is 12.8 Å². The van der Waals surface area contributed by atoms with Crippen LogP contribution >= 0.6 is 23.4 Å². The molecular weight excluding hydrogens is 438 g/mol.